The van der Waals surface area contributed by atoms with Crippen molar-refractivity contribution in [3.8, 4) is 0 Å². The summed E-state index contributed by atoms with van der Waals surface area (Å²) in [5, 5.41) is 2.10. The van der Waals surface area contributed by atoms with E-state index in [0.29, 0.717) is 17.8 Å². The molecule has 0 bridgehead atoms. The molecule has 1 aliphatic rings. The molecule has 0 fully saturated rings. The first-order valence-corrected chi connectivity index (χ1v) is 7.95. The minimum absolute atomic E-state index is 0.535. The van der Waals surface area contributed by atoms with Crippen LogP contribution >= 0.6 is 11.3 Å². The van der Waals surface area contributed by atoms with E-state index in [1.54, 1.807) is 11.3 Å². The Balaban J connectivity index is 2.35. The predicted octanol–water partition coefficient (Wildman–Crippen LogP) is 5.31. The number of hydrogen-bond donors (Lipinski definition) is 0. The molecular formula is C17H23NS. The van der Waals surface area contributed by atoms with Gasteiger partial charge in [0.25, 0.3) is 0 Å². The van der Waals surface area contributed by atoms with Crippen molar-refractivity contribution < 1.29 is 0 Å². The highest BCUT2D eigenvalue weighted by molar-refractivity contribution is 7.11. The van der Waals surface area contributed by atoms with E-state index in [1.165, 1.54) is 16.1 Å². The van der Waals surface area contributed by atoms with E-state index in [4.69, 9.17) is 4.99 Å². The molecule has 1 aliphatic carbocycles. The maximum atomic E-state index is 4.84. The van der Waals surface area contributed by atoms with Gasteiger partial charge in [-0.25, -0.2) is 0 Å². The van der Waals surface area contributed by atoms with Crippen LogP contribution in [-0.2, 0) is 0 Å². The molecule has 1 nitrogen and oxygen atoms in total. The Kier molecular flexibility index (Phi) is 4.76. The topological polar surface area (TPSA) is 12.4 Å². The van der Waals surface area contributed by atoms with Crippen molar-refractivity contribution >= 4 is 17.6 Å². The Bertz CT molecular complexity index is 489. The first-order chi connectivity index (χ1) is 9.09. The summed E-state index contributed by atoms with van der Waals surface area (Å²) in [6.45, 7) is 9.09. The summed E-state index contributed by atoms with van der Waals surface area (Å²) in [6.07, 6.45) is 7.72. The fraction of sp³-hybridized carbons (Fsp3) is 0.471. The molecule has 0 N–H and O–H groups in total. The summed E-state index contributed by atoms with van der Waals surface area (Å²) in [6, 6.07) is 4.19. The van der Waals surface area contributed by atoms with Crippen LogP contribution in [0.1, 0.15) is 39.0 Å². The summed E-state index contributed by atoms with van der Waals surface area (Å²) < 4.78 is 0. The van der Waals surface area contributed by atoms with Crippen LogP contribution in [0.15, 0.2) is 45.9 Å². The normalized spacial score (nSPS) is 20.2. The Hall–Kier alpha value is -1.15. The highest BCUT2D eigenvalue weighted by atomic mass is 32.1. The van der Waals surface area contributed by atoms with Gasteiger partial charge < -0.3 is 0 Å². The van der Waals surface area contributed by atoms with Gasteiger partial charge >= 0.3 is 0 Å². The highest BCUT2D eigenvalue weighted by Crippen LogP contribution is 2.35. The number of rotatable bonds is 4. The van der Waals surface area contributed by atoms with E-state index >= 15 is 0 Å². The Morgan fingerprint density at radius 2 is 2.11 bits per heavy atom. The van der Waals surface area contributed by atoms with Crippen LogP contribution in [0.3, 0.4) is 0 Å². The van der Waals surface area contributed by atoms with E-state index in [-0.39, 0.29) is 0 Å². The van der Waals surface area contributed by atoms with E-state index in [2.05, 4.69) is 57.4 Å². The lowest BCUT2D eigenvalue weighted by Crippen LogP contribution is -2.16. The molecule has 0 saturated heterocycles. The summed E-state index contributed by atoms with van der Waals surface area (Å²) in [4.78, 5) is 6.07. The van der Waals surface area contributed by atoms with E-state index in [1.807, 2.05) is 6.21 Å². The lowest BCUT2D eigenvalue weighted by atomic mass is 9.81. The van der Waals surface area contributed by atoms with Crippen LogP contribution in [0.4, 0.5) is 0 Å². The molecule has 1 aromatic heterocycles. The molecule has 0 saturated carbocycles. The van der Waals surface area contributed by atoms with Crippen LogP contribution in [0.25, 0.3) is 0 Å². The largest absolute Gasteiger partial charge is 0.259 e. The number of allylic oxidation sites excluding steroid dienone is 4. The maximum absolute atomic E-state index is 4.84. The van der Waals surface area contributed by atoms with Crippen molar-refractivity contribution in [2.45, 2.75) is 34.1 Å². The lowest BCUT2D eigenvalue weighted by Gasteiger charge is -2.27. The van der Waals surface area contributed by atoms with Gasteiger partial charge in [0.05, 0.1) is 0 Å². The molecule has 102 valence electrons. The van der Waals surface area contributed by atoms with Crippen molar-refractivity contribution in [1.29, 1.82) is 0 Å². The summed E-state index contributed by atoms with van der Waals surface area (Å²) in [7, 11) is 0. The molecule has 1 heterocycles. The number of hydrogen-bond acceptors (Lipinski definition) is 2. The van der Waals surface area contributed by atoms with E-state index in [9.17, 15) is 0 Å². The van der Waals surface area contributed by atoms with Crippen LogP contribution in [-0.4, -0.2) is 6.21 Å². The molecule has 0 spiro atoms. The van der Waals surface area contributed by atoms with Crippen LogP contribution in [0, 0.1) is 17.8 Å². The average molecular weight is 273 g/mol. The summed E-state index contributed by atoms with van der Waals surface area (Å²) in [5.74, 6) is 1.72. The monoisotopic (exact) mass is 273 g/mol. The molecule has 0 amide bonds. The van der Waals surface area contributed by atoms with Crippen LogP contribution < -0.4 is 0 Å². The van der Waals surface area contributed by atoms with Crippen molar-refractivity contribution in [3.05, 3.63) is 45.8 Å². The fourth-order valence-corrected chi connectivity index (χ4v) is 3.08. The lowest BCUT2D eigenvalue weighted by molar-refractivity contribution is 0.432. The second-order valence-electron chi connectivity index (χ2n) is 5.76. The zero-order valence-corrected chi connectivity index (χ0v) is 13.1. The number of nitrogens with zero attached hydrogens (tertiary/aromatic N) is 1. The first kappa shape index (κ1) is 14.3. The van der Waals surface area contributed by atoms with Gasteiger partial charge in [-0.2, -0.15) is 0 Å². The predicted molar refractivity (Wildman–Crippen MR) is 85.9 cm³/mol. The van der Waals surface area contributed by atoms with Crippen LogP contribution in [0.2, 0.25) is 0 Å². The fourth-order valence-electron chi connectivity index (χ4n) is 2.50. The van der Waals surface area contributed by atoms with Crippen molar-refractivity contribution in [3.63, 3.8) is 0 Å². The maximum Gasteiger partial charge on any atom is 0.0475 e. The first-order valence-electron chi connectivity index (χ1n) is 7.07. The molecule has 1 unspecified atom stereocenters. The standard InChI is InChI=1S/C17H23NS/c1-12(2)15-8-5-9-16(13(3)4)17(15)18-11-14-7-6-10-19-14/h5-8,10-13,16H,9H2,1-4H3. The number of thiophene rings is 1. The Labute approximate surface area is 120 Å². The zero-order valence-electron chi connectivity index (χ0n) is 12.3. The molecule has 0 radical (unpaired) electrons. The smallest absolute Gasteiger partial charge is 0.0475 e. The molecular weight excluding hydrogens is 250 g/mol. The molecule has 1 aromatic rings. The molecule has 2 heteroatoms. The van der Waals surface area contributed by atoms with Gasteiger partial charge in [-0.3, -0.25) is 4.99 Å². The van der Waals surface area contributed by atoms with Gasteiger partial charge in [-0.05, 0) is 35.3 Å². The van der Waals surface area contributed by atoms with Gasteiger partial charge in [0.2, 0.25) is 0 Å². The quantitative estimate of drug-likeness (QED) is 0.659. The highest BCUT2D eigenvalue weighted by Gasteiger charge is 2.23. The molecule has 0 aliphatic heterocycles. The van der Waals surface area contributed by atoms with Gasteiger partial charge in [-0.15, -0.1) is 11.3 Å². The van der Waals surface area contributed by atoms with Crippen molar-refractivity contribution in [1.82, 2.24) is 0 Å². The average Bonchev–Trinajstić information content (AvgIpc) is 2.88. The van der Waals surface area contributed by atoms with Gasteiger partial charge in [-0.1, -0.05) is 45.9 Å². The molecule has 2 rings (SSSR count). The van der Waals surface area contributed by atoms with Gasteiger partial charge in [0, 0.05) is 22.7 Å². The molecule has 0 aromatic carbocycles. The third-order valence-corrected chi connectivity index (χ3v) is 4.44. The third-order valence-electron chi connectivity index (χ3n) is 3.64. The Morgan fingerprint density at radius 1 is 1.32 bits per heavy atom. The summed E-state index contributed by atoms with van der Waals surface area (Å²) in [5.41, 5.74) is 2.69. The van der Waals surface area contributed by atoms with Crippen LogP contribution in [0.5, 0.6) is 0 Å². The number of aliphatic imine (C=N–C) groups is 1. The Morgan fingerprint density at radius 3 is 2.68 bits per heavy atom. The van der Waals surface area contributed by atoms with E-state index < -0.39 is 0 Å². The zero-order chi connectivity index (χ0) is 13.8. The SMILES string of the molecule is CC(C)C1=C(N=Cc2cccs2)C(C(C)C)CC=C1. The minimum atomic E-state index is 0.535. The second kappa shape index (κ2) is 6.33. The minimum Gasteiger partial charge on any atom is -0.259 e. The van der Waals surface area contributed by atoms with Crippen molar-refractivity contribution in [2.24, 2.45) is 22.7 Å². The molecule has 1 atom stereocenters. The van der Waals surface area contributed by atoms with Crippen molar-refractivity contribution in [2.75, 3.05) is 0 Å². The molecule has 19 heavy (non-hydrogen) atoms. The van der Waals surface area contributed by atoms with Gasteiger partial charge in [0.1, 0.15) is 0 Å². The third kappa shape index (κ3) is 3.44. The van der Waals surface area contributed by atoms with Gasteiger partial charge in [0.15, 0.2) is 0 Å². The summed E-state index contributed by atoms with van der Waals surface area (Å²) >= 11 is 1.74. The van der Waals surface area contributed by atoms with E-state index in [0.717, 1.165) is 6.42 Å². The second-order valence-corrected chi connectivity index (χ2v) is 6.74.